The summed E-state index contributed by atoms with van der Waals surface area (Å²) in [6.45, 7) is 7.30. The summed E-state index contributed by atoms with van der Waals surface area (Å²) in [5, 5.41) is 4.02. The van der Waals surface area contributed by atoms with Crippen LogP contribution in [0.3, 0.4) is 0 Å². The molecule has 0 radical (unpaired) electrons. The molecular weight excluding hydrogens is 599 g/mol. The fourth-order valence-corrected chi connectivity index (χ4v) is 6.45. The minimum Gasteiger partial charge on any atom is -0.598 e. The van der Waals surface area contributed by atoms with Crippen molar-refractivity contribution in [1.82, 2.24) is 19.0 Å². The molecule has 3 atom stereocenters. The molecule has 0 bridgehead atoms. The Bertz CT molecular complexity index is 1380. The summed E-state index contributed by atoms with van der Waals surface area (Å²) < 4.78 is 80.3. The SMILES string of the molecule is COc1ccc([C@@H](N[S@@+]([O-])C(C)(C)C)C(F)(F)F)cc1NC(=S)N1CC[C@](c2ccc(C)c(F)c2)(c2ncns2)C1. The van der Waals surface area contributed by atoms with Gasteiger partial charge in [0.15, 0.2) is 11.2 Å². The molecule has 1 aliphatic rings. The van der Waals surface area contributed by atoms with Crippen LogP contribution in [0.4, 0.5) is 23.2 Å². The lowest BCUT2D eigenvalue weighted by atomic mass is 9.80. The van der Waals surface area contributed by atoms with Gasteiger partial charge in [-0.25, -0.2) is 9.37 Å². The summed E-state index contributed by atoms with van der Waals surface area (Å²) in [7, 11) is 1.40. The van der Waals surface area contributed by atoms with E-state index in [0.717, 1.165) is 10.6 Å². The molecule has 0 aliphatic carbocycles. The lowest BCUT2D eigenvalue weighted by Crippen LogP contribution is -2.45. The number of anilines is 1. The second kappa shape index (κ2) is 12.0. The molecule has 0 amide bonds. The second-order valence-corrected chi connectivity index (χ2v) is 14.0. The maximum Gasteiger partial charge on any atom is 0.412 e. The zero-order valence-electron chi connectivity index (χ0n) is 23.1. The van der Waals surface area contributed by atoms with Gasteiger partial charge in [-0.05, 0) is 92.8 Å². The van der Waals surface area contributed by atoms with Crippen LogP contribution in [0.1, 0.15) is 54.9 Å². The van der Waals surface area contributed by atoms with Gasteiger partial charge < -0.3 is 19.5 Å². The number of nitrogens with zero attached hydrogens (tertiary/aromatic N) is 3. The number of benzene rings is 2. The second-order valence-electron chi connectivity index (χ2n) is 10.8. The number of halogens is 4. The first-order valence-electron chi connectivity index (χ1n) is 12.7. The monoisotopic (exact) mass is 629 g/mol. The smallest absolute Gasteiger partial charge is 0.412 e. The third-order valence-corrected chi connectivity index (χ3v) is 9.75. The maximum atomic E-state index is 14.6. The third kappa shape index (κ3) is 6.77. The van der Waals surface area contributed by atoms with Crippen LogP contribution < -0.4 is 14.8 Å². The predicted molar refractivity (Wildman–Crippen MR) is 157 cm³/mol. The Morgan fingerprint density at radius 1 is 1.22 bits per heavy atom. The number of thiocarbonyl (C=S) groups is 1. The van der Waals surface area contributed by atoms with E-state index in [4.69, 9.17) is 17.0 Å². The molecular formula is C27H31F4N5O2S3. The zero-order chi connectivity index (χ0) is 30.2. The van der Waals surface area contributed by atoms with E-state index in [1.807, 2.05) is 11.0 Å². The number of methoxy groups -OCH3 is 1. The van der Waals surface area contributed by atoms with E-state index in [2.05, 4.69) is 19.4 Å². The van der Waals surface area contributed by atoms with Gasteiger partial charge in [0, 0.05) is 24.5 Å². The van der Waals surface area contributed by atoms with Crippen LogP contribution >= 0.6 is 23.8 Å². The molecule has 0 unspecified atom stereocenters. The van der Waals surface area contributed by atoms with Crippen molar-refractivity contribution >= 4 is 45.9 Å². The number of nitrogens with one attached hydrogen (secondary N) is 2. The number of aromatic nitrogens is 2. The van der Waals surface area contributed by atoms with E-state index in [1.165, 1.54) is 49.2 Å². The van der Waals surface area contributed by atoms with Crippen molar-refractivity contribution in [3.63, 3.8) is 0 Å². The molecule has 1 aliphatic heterocycles. The highest BCUT2D eigenvalue weighted by molar-refractivity contribution is 7.90. The molecule has 7 nitrogen and oxygen atoms in total. The van der Waals surface area contributed by atoms with Gasteiger partial charge in [-0.1, -0.05) is 18.2 Å². The molecule has 1 saturated heterocycles. The summed E-state index contributed by atoms with van der Waals surface area (Å²) in [6, 6.07) is 6.90. The molecule has 0 saturated carbocycles. The molecule has 3 aromatic rings. The number of ether oxygens (including phenoxy) is 1. The van der Waals surface area contributed by atoms with Gasteiger partial charge in [0.1, 0.15) is 27.6 Å². The van der Waals surface area contributed by atoms with Gasteiger partial charge in [0.05, 0.1) is 18.2 Å². The first kappa shape index (κ1) is 31.4. The van der Waals surface area contributed by atoms with Crippen LogP contribution in [-0.4, -0.2) is 55.0 Å². The first-order chi connectivity index (χ1) is 19.2. The molecule has 0 spiro atoms. The number of hydrogen-bond donors (Lipinski definition) is 2. The first-order valence-corrected chi connectivity index (χ1v) is 15.0. The maximum absolute atomic E-state index is 14.6. The van der Waals surface area contributed by atoms with Crippen molar-refractivity contribution in [3.05, 3.63) is 70.2 Å². The Morgan fingerprint density at radius 2 is 1.95 bits per heavy atom. The summed E-state index contributed by atoms with van der Waals surface area (Å²) >= 11 is 4.95. The number of likely N-dealkylation sites (tertiary alicyclic amines) is 1. The number of rotatable bonds is 7. The van der Waals surface area contributed by atoms with Crippen molar-refractivity contribution in [2.45, 2.75) is 56.5 Å². The summed E-state index contributed by atoms with van der Waals surface area (Å²) in [5.74, 6) is -0.0449. The summed E-state index contributed by atoms with van der Waals surface area (Å²) in [5.41, 5.74) is 0.671. The number of aryl methyl sites for hydroxylation is 1. The van der Waals surface area contributed by atoms with Gasteiger partial charge in [-0.15, -0.1) is 4.72 Å². The average molecular weight is 630 g/mol. The normalized spacial score (nSPS) is 19.2. The molecule has 4 rings (SSSR count). The van der Waals surface area contributed by atoms with Crippen molar-refractivity contribution in [2.24, 2.45) is 0 Å². The van der Waals surface area contributed by atoms with Gasteiger partial charge in [-0.3, -0.25) is 0 Å². The highest BCUT2D eigenvalue weighted by atomic mass is 32.2. The minimum absolute atomic E-state index is 0.152. The van der Waals surface area contributed by atoms with E-state index in [-0.39, 0.29) is 27.9 Å². The highest BCUT2D eigenvalue weighted by Crippen LogP contribution is 2.43. The lowest BCUT2D eigenvalue weighted by molar-refractivity contribution is -0.153. The van der Waals surface area contributed by atoms with Crippen LogP contribution in [-0.2, 0) is 16.8 Å². The quantitative estimate of drug-likeness (QED) is 0.186. The fourth-order valence-electron chi connectivity index (χ4n) is 4.60. The third-order valence-electron chi connectivity index (χ3n) is 6.96. The standard InChI is InChI=1S/C27H31F4N5O2S3/c1-16-6-8-18(13-19(16)28)26(23-32-15-33-40-23)10-11-36(14-26)24(39)34-20-12-17(7-9-21(20)38-5)22(27(29,30)31)35-41(37)25(2,3)4/h6-9,12-13,15,22,35H,10-11,14H2,1-5H3,(H,34,39)/t22-,26+,41+/m1/s1. The van der Waals surface area contributed by atoms with Crippen LogP contribution in [0.5, 0.6) is 5.75 Å². The van der Waals surface area contributed by atoms with Crippen LogP contribution in [0.2, 0.25) is 0 Å². The Kier molecular flexibility index (Phi) is 9.19. The number of alkyl halides is 3. The van der Waals surface area contributed by atoms with Crippen molar-refractivity contribution in [2.75, 3.05) is 25.5 Å². The topological polar surface area (TPSA) is 85.4 Å². The van der Waals surface area contributed by atoms with Gasteiger partial charge in [0.2, 0.25) is 0 Å². The Balaban J connectivity index is 1.62. The fraction of sp³-hybridized carbons (Fsp3) is 0.444. The summed E-state index contributed by atoms with van der Waals surface area (Å²) in [6.07, 6.45) is -2.69. The van der Waals surface area contributed by atoms with Gasteiger partial charge in [0.25, 0.3) is 0 Å². The predicted octanol–water partition coefficient (Wildman–Crippen LogP) is 6.04. The van der Waals surface area contributed by atoms with E-state index in [9.17, 15) is 22.1 Å². The van der Waals surface area contributed by atoms with Gasteiger partial charge >= 0.3 is 6.18 Å². The molecule has 2 N–H and O–H groups in total. The molecule has 2 aromatic carbocycles. The minimum atomic E-state index is -4.72. The van der Waals surface area contributed by atoms with E-state index in [1.54, 1.807) is 33.8 Å². The van der Waals surface area contributed by atoms with E-state index >= 15 is 0 Å². The average Bonchev–Trinajstić information content (AvgIpc) is 3.59. The molecule has 14 heteroatoms. The van der Waals surface area contributed by atoms with Crippen molar-refractivity contribution < 1.29 is 26.9 Å². The molecule has 1 aromatic heterocycles. The van der Waals surface area contributed by atoms with E-state index < -0.39 is 33.7 Å². The largest absolute Gasteiger partial charge is 0.598 e. The summed E-state index contributed by atoms with van der Waals surface area (Å²) in [4.78, 5) is 6.30. The molecule has 1 fully saturated rings. The lowest BCUT2D eigenvalue weighted by Gasteiger charge is -2.30. The van der Waals surface area contributed by atoms with Gasteiger partial charge in [-0.2, -0.15) is 17.5 Å². The Labute approximate surface area is 249 Å². The molecule has 2 heterocycles. The van der Waals surface area contributed by atoms with Crippen molar-refractivity contribution in [1.29, 1.82) is 0 Å². The zero-order valence-corrected chi connectivity index (χ0v) is 25.6. The molecule has 41 heavy (non-hydrogen) atoms. The van der Waals surface area contributed by atoms with Crippen molar-refractivity contribution in [3.8, 4) is 5.75 Å². The van der Waals surface area contributed by atoms with E-state index in [0.29, 0.717) is 25.1 Å². The van der Waals surface area contributed by atoms with Crippen LogP contribution in [0.25, 0.3) is 0 Å². The Hall–Kier alpha value is -2.52. The Morgan fingerprint density at radius 3 is 2.54 bits per heavy atom. The van der Waals surface area contributed by atoms with Crippen LogP contribution in [0, 0.1) is 12.7 Å². The highest BCUT2D eigenvalue weighted by Gasteiger charge is 2.47. The van der Waals surface area contributed by atoms with Crippen LogP contribution in [0.15, 0.2) is 42.7 Å². The molecule has 222 valence electrons. The number of hydrogen-bond acceptors (Lipinski definition) is 7.